The van der Waals surface area contributed by atoms with Crippen LogP contribution in [0.4, 0.5) is 5.69 Å². The first-order chi connectivity index (χ1) is 11.0. The lowest BCUT2D eigenvalue weighted by molar-refractivity contribution is 0.102. The molecule has 2 aromatic carbocycles. The molecule has 2 rings (SSSR count). The molecule has 1 N–H and O–H groups in total. The largest absolute Gasteiger partial charge is 0.489 e. The first-order valence-electron chi connectivity index (χ1n) is 7.00. The van der Waals surface area contributed by atoms with Gasteiger partial charge in [-0.05, 0) is 42.8 Å². The molecule has 0 spiro atoms. The van der Waals surface area contributed by atoms with Gasteiger partial charge in [0.15, 0.2) is 0 Å². The van der Waals surface area contributed by atoms with Crippen LogP contribution in [-0.2, 0) is 4.74 Å². The average molecular weight is 354 g/mol. The van der Waals surface area contributed by atoms with Gasteiger partial charge < -0.3 is 14.8 Å². The number of rotatable bonds is 6. The Morgan fingerprint density at radius 3 is 2.61 bits per heavy atom. The van der Waals surface area contributed by atoms with Gasteiger partial charge in [-0.1, -0.05) is 29.3 Å². The molecule has 122 valence electrons. The summed E-state index contributed by atoms with van der Waals surface area (Å²) in [4.78, 5) is 12.4. The molecule has 0 radical (unpaired) electrons. The Morgan fingerprint density at radius 1 is 1.13 bits per heavy atom. The summed E-state index contributed by atoms with van der Waals surface area (Å²) >= 11 is 11.9. The van der Waals surface area contributed by atoms with Gasteiger partial charge in [-0.25, -0.2) is 0 Å². The average Bonchev–Trinajstić information content (AvgIpc) is 2.50. The molecule has 1 amide bonds. The highest BCUT2D eigenvalue weighted by Gasteiger charge is 2.13. The van der Waals surface area contributed by atoms with Crippen molar-refractivity contribution in [3.8, 4) is 5.75 Å². The third kappa shape index (κ3) is 4.86. The minimum atomic E-state index is -0.327. The number of aryl methyl sites for hydroxylation is 1. The molecular weight excluding hydrogens is 337 g/mol. The molecule has 0 fully saturated rings. The van der Waals surface area contributed by atoms with Crippen LogP contribution in [0.1, 0.15) is 15.9 Å². The van der Waals surface area contributed by atoms with Crippen molar-refractivity contribution >= 4 is 34.8 Å². The van der Waals surface area contributed by atoms with Crippen molar-refractivity contribution in [2.45, 2.75) is 6.92 Å². The van der Waals surface area contributed by atoms with Crippen molar-refractivity contribution < 1.29 is 14.3 Å². The van der Waals surface area contributed by atoms with E-state index in [1.165, 1.54) is 6.07 Å². The van der Waals surface area contributed by atoms with Crippen LogP contribution in [0.2, 0.25) is 10.0 Å². The molecule has 4 nitrogen and oxygen atoms in total. The summed E-state index contributed by atoms with van der Waals surface area (Å²) in [6.07, 6.45) is 0. The van der Waals surface area contributed by atoms with Crippen molar-refractivity contribution in [3.05, 3.63) is 57.6 Å². The highest BCUT2D eigenvalue weighted by molar-refractivity contribution is 6.37. The van der Waals surface area contributed by atoms with E-state index in [9.17, 15) is 4.79 Å². The number of carbonyl (C=O) groups is 1. The number of halogens is 2. The molecule has 2 aromatic rings. The van der Waals surface area contributed by atoms with E-state index in [0.29, 0.717) is 40.3 Å². The van der Waals surface area contributed by atoms with E-state index in [0.717, 1.165) is 5.56 Å². The lowest BCUT2D eigenvalue weighted by atomic mass is 10.1. The van der Waals surface area contributed by atoms with Crippen LogP contribution in [0.25, 0.3) is 0 Å². The number of anilines is 1. The smallest absolute Gasteiger partial charge is 0.257 e. The van der Waals surface area contributed by atoms with Gasteiger partial charge in [-0.15, -0.1) is 0 Å². The van der Waals surface area contributed by atoms with Crippen molar-refractivity contribution in [2.24, 2.45) is 0 Å². The van der Waals surface area contributed by atoms with Crippen LogP contribution in [0.5, 0.6) is 5.75 Å². The zero-order valence-electron chi connectivity index (χ0n) is 12.9. The molecular formula is C17H17Cl2NO3. The first kappa shape index (κ1) is 17.6. The van der Waals surface area contributed by atoms with Gasteiger partial charge in [0.1, 0.15) is 12.4 Å². The van der Waals surface area contributed by atoms with E-state index in [4.69, 9.17) is 32.7 Å². The maximum Gasteiger partial charge on any atom is 0.257 e. The van der Waals surface area contributed by atoms with Gasteiger partial charge in [-0.2, -0.15) is 0 Å². The van der Waals surface area contributed by atoms with Crippen LogP contribution in [0.3, 0.4) is 0 Å². The standard InChI is InChI=1S/C17H17Cl2NO3/c1-11-3-6-15(16(9-11)23-8-7-22-2)20-17(21)13-5-4-12(18)10-14(13)19/h3-6,9-10H,7-8H2,1-2H3,(H,20,21). The van der Waals surface area contributed by atoms with Gasteiger partial charge in [0.25, 0.3) is 5.91 Å². The number of hydrogen-bond donors (Lipinski definition) is 1. The quantitative estimate of drug-likeness (QED) is 0.773. The summed E-state index contributed by atoms with van der Waals surface area (Å²) in [5.41, 5.74) is 1.95. The molecule has 0 aliphatic rings. The Kier molecular flexibility index (Phi) is 6.28. The second kappa shape index (κ2) is 8.20. The third-order valence-electron chi connectivity index (χ3n) is 3.11. The molecule has 0 aliphatic carbocycles. The van der Waals surface area contributed by atoms with Gasteiger partial charge in [0, 0.05) is 12.1 Å². The Morgan fingerprint density at radius 2 is 1.91 bits per heavy atom. The van der Waals surface area contributed by atoms with E-state index >= 15 is 0 Å². The van der Waals surface area contributed by atoms with Gasteiger partial charge >= 0.3 is 0 Å². The number of benzene rings is 2. The van der Waals surface area contributed by atoms with E-state index in [1.54, 1.807) is 25.3 Å². The Bertz CT molecular complexity index is 704. The number of ether oxygens (including phenoxy) is 2. The third-order valence-corrected chi connectivity index (χ3v) is 3.65. The molecule has 6 heteroatoms. The number of hydrogen-bond acceptors (Lipinski definition) is 3. The summed E-state index contributed by atoms with van der Waals surface area (Å²) in [5, 5.41) is 3.58. The van der Waals surface area contributed by atoms with E-state index in [-0.39, 0.29) is 5.91 Å². The Balaban J connectivity index is 2.19. The Labute approximate surface area is 145 Å². The number of nitrogens with one attached hydrogen (secondary N) is 1. The van der Waals surface area contributed by atoms with Crippen LogP contribution >= 0.6 is 23.2 Å². The van der Waals surface area contributed by atoms with Crippen molar-refractivity contribution in [2.75, 3.05) is 25.6 Å². The maximum absolute atomic E-state index is 12.4. The Hall–Kier alpha value is -1.75. The van der Waals surface area contributed by atoms with Crippen molar-refractivity contribution in [1.29, 1.82) is 0 Å². The molecule has 0 saturated heterocycles. The van der Waals surface area contributed by atoms with Gasteiger partial charge in [-0.3, -0.25) is 4.79 Å². The number of carbonyl (C=O) groups excluding carboxylic acids is 1. The monoisotopic (exact) mass is 353 g/mol. The molecule has 0 bridgehead atoms. The molecule has 0 aliphatic heterocycles. The summed E-state index contributed by atoms with van der Waals surface area (Å²) < 4.78 is 10.6. The molecule has 0 heterocycles. The zero-order chi connectivity index (χ0) is 16.8. The molecule has 0 aromatic heterocycles. The summed E-state index contributed by atoms with van der Waals surface area (Å²) in [6.45, 7) is 2.81. The fourth-order valence-electron chi connectivity index (χ4n) is 1.95. The van der Waals surface area contributed by atoms with Crippen molar-refractivity contribution in [3.63, 3.8) is 0 Å². The van der Waals surface area contributed by atoms with Crippen LogP contribution in [0.15, 0.2) is 36.4 Å². The lowest BCUT2D eigenvalue weighted by Gasteiger charge is -2.14. The summed E-state index contributed by atoms with van der Waals surface area (Å²) in [5.74, 6) is 0.257. The highest BCUT2D eigenvalue weighted by Crippen LogP contribution is 2.28. The van der Waals surface area contributed by atoms with E-state index in [1.807, 2.05) is 19.1 Å². The van der Waals surface area contributed by atoms with Crippen molar-refractivity contribution in [1.82, 2.24) is 0 Å². The minimum Gasteiger partial charge on any atom is -0.489 e. The number of amides is 1. The first-order valence-corrected chi connectivity index (χ1v) is 7.75. The van der Waals surface area contributed by atoms with Crippen LogP contribution < -0.4 is 10.1 Å². The predicted molar refractivity (Wildman–Crippen MR) is 93.0 cm³/mol. The van der Waals surface area contributed by atoms with Gasteiger partial charge in [0.2, 0.25) is 0 Å². The fraction of sp³-hybridized carbons (Fsp3) is 0.235. The molecule has 0 unspecified atom stereocenters. The topological polar surface area (TPSA) is 47.6 Å². The van der Waals surface area contributed by atoms with Crippen LogP contribution in [-0.4, -0.2) is 26.2 Å². The second-order valence-electron chi connectivity index (χ2n) is 4.92. The summed E-state index contributed by atoms with van der Waals surface area (Å²) in [7, 11) is 1.60. The lowest BCUT2D eigenvalue weighted by Crippen LogP contribution is -2.14. The second-order valence-corrected chi connectivity index (χ2v) is 5.76. The normalized spacial score (nSPS) is 10.4. The maximum atomic E-state index is 12.4. The van der Waals surface area contributed by atoms with E-state index in [2.05, 4.69) is 5.32 Å². The minimum absolute atomic E-state index is 0.295. The van der Waals surface area contributed by atoms with Gasteiger partial charge in [0.05, 0.1) is 22.9 Å². The SMILES string of the molecule is COCCOc1cc(C)ccc1NC(=O)c1ccc(Cl)cc1Cl. The fourth-order valence-corrected chi connectivity index (χ4v) is 2.44. The zero-order valence-corrected chi connectivity index (χ0v) is 14.4. The summed E-state index contributed by atoms with van der Waals surface area (Å²) in [6, 6.07) is 10.3. The molecule has 0 saturated carbocycles. The highest BCUT2D eigenvalue weighted by atomic mass is 35.5. The molecule has 23 heavy (non-hydrogen) atoms. The number of methoxy groups -OCH3 is 1. The van der Waals surface area contributed by atoms with E-state index < -0.39 is 0 Å². The molecule has 0 atom stereocenters. The predicted octanol–water partition coefficient (Wildman–Crippen LogP) is 4.58. The van der Waals surface area contributed by atoms with Crippen LogP contribution in [0, 0.1) is 6.92 Å².